The molecule has 2 aliphatic heterocycles. The minimum atomic E-state index is -1.11. The maximum Gasteiger partial charge on any atom is 0.320 e. The number of hydrogen-bond acceptors (Lipinski definition) is 5. The van der Waals surface area contributed by atoms with E-state index in [4.69, 9.17) is 15.9 Å². The maximum absolute atomic E-state index is 13.8. The van der Waals surface area contributed by atoms with Gasteiger partial charge in [0, 0.05) is 24.6 Å². The molecule has 0 bridgehead atoms. The van der Waals surface area contributed by atoms with Crippen LogP contribution in [0.5, 0.6) is 0 Å². The van der Waals surface area contributed by atoms with Gasteiger partial charge in [-0.05, 0) is 44.6 Å². The van der Waals surface area contributed by atoms with E-state index in [1.165, 1.54) is 39.2 Å². The van der Waals surface area contributed by atoms with Gasteiger partial charge in [0.1, 0.15) is 5.41 Å². The summed E-state index contributed by atoms with van der Waals surface area (Å²) < 4.78 is 11.8. The second-order valence-electron chi connectivity index (χ2n) is 10.6. The van der Waals surface area contributed by atoms with E-state index in [0.717, 1.165) is 37.8 Å². The number of esters is 1. The number of rotatable bonds is 12. The number of likely N-dealkylation sites (tertiary alicyclic amines) is 1. The highest BCUT2D eigenvalue weighted by Crippen LogP contribution is 2.51. The van der Waals surface area contributed by atoms with Gasteiger partial charge in [-0.1, -0.05) is 57.8 Å². The first kappa shape index (κ1) is 28.2. The summed E-state index contributed by atoms with van der Waals surface area (Å²) in [5.74, 6) is 1.36. The van der Waals surface area contributed by atoms with E-state index in [9.17, 15) is 14.4 Å². The molecule has 2 heterocycles. The molecule has 2 fully saturated rings. The van der Waals surface area contributed by atoms with Crippen molar-refractivity contribution in [1.29, 1.82) is 0 Å². The van der Waals surface area contributed by atoms with E-state index in [1.807, 2.05) is 13.0 Å². The van der Waals surface area contributed by atoms with E-state index in [0.29, 0.717) is 12.5 Å². The monoisotopic (exact) mass is 500 g/mol. The summed E-state index contributed by atoms with van der Waals surface area (Å²) in [6, 6.07) is 0. The standard InChI is InChI=1S/C29H44N2O5/c1-5-7-8-9-10-13-17-31-25-19-24(22-14-11-12-15-22)36-21(3)29(25,28(34)35-4)20-23(27(31)33)18-26(32)30-16-6-2/h2,19,21-24H,5,7-18,20H2,1,3-4H3,(H,30,32)/t21-,23-,24-,29+/m0/s1. The summed E-state index contributed by atoms with van der Waals surface area (Å²) in [4.78, 5) is 41.6. The van der Waals surface area contributed by atoms with E-state index >= 15 is 0 Å². The van der Waals surface area contributed by atoms with Crippen LogP contribution >= 0.6 is 0 Å². The molecule has 1 N–H and O–H groups in total. The molecule has 0 radical (unpaired) electrons. The fraction of sp³-hybridized carbons (Fsp3) is 0.759. The molecule has 36 heavy (non-hydrogen) atoms. The van der Waals surface area contributed by atoms with Crippen LogP contribution in [0.4, 0.5) is 0 Å². The molecule has 4 atom stereocenters. The summed E-state index contributed by atoms with van der Waals surface area (Å²) in [6.45, 7) is 4.75. The Balaban J connectivity index is 1.93. The first-order chi connectivity index (χ1) is 17.4. The lowest BCUT2D eigenvalue weighted by molar-refractivity contribution is -0.177. The largest absolute Gasteiger partial charge is 0.468 e. The Morgan fingerprint density at radius 2 is 1.92 bits per heavy atom. The molecule has 1 saturated carbocycles. The predicted molar refractivity (Wildman–Crippen MR) is 138 cm³/mol. The molecular formula is C29H44N2O5. The smallest absolute Gasteiger partial charge is 0.320 e. The summed E-state index contributed by atoms with van der Waals surface area (Å²) in [5, 5.41) is 2.66. The Morgan fingerprint density at radius 3 is 2.58 bits per heavy atom. The Labute approximate surface area is 216 Å². The third-order valence-corrected chi connectivity index (χ3v) is 8.28. The number of fused-ring (bicyclic) bond motifs is 1. The van der Waals surface area contributed by atoms with Gasteiger partial charge in [0.2, 0.25) is 11.8 Å². The van der Waals surface area contributed by atoms with Crippen LogP contribution in [-0.4, -0.2) is 55.1 Å². The average Bonchev–Trinajstić information content (AvgIpc) is 3.41. The van der Waals surface area contributed by atoms with Crippen molar-refractivity contribution in [3.63, 3.8) is 0 Å². The van der Waals surface area contributed by atoms with Crippen LogP contribution in [0.2, 0.25) is 0 Å². The SMILES string of the molecule is C#CCNC(=O)C[C@H]1C[C@]2(C(=O)OC)C(=C[C@@H](C3CCCC3)O[C@H]2C)N(CCCCCCCC)C1=O. The first-order valence-electron chi connectivity index (χ1n) is 13.9. The molecule has 2 amide bonds. The van der Waals surface area contributed by atoms with Crippen LogP contribution in [0.15, 0.2) is 11.8 Å². The van der Waals surface area contributed by atoms with Crippen molar-refractivity contribution >= 4 is 17.8 Å². The van der Waals surface area contributed by atoms with Crippen LogP contribution in [0, 0.1) is 29.6 Å². The number of hydrogen-bond donors (Lipinski definition) is 1. The van der Waals surface area contributed by atoms with Crippen LogP contribution in [0.25, 0.3) is 0 Å². The van der Waals surface area contributed by atoms with Gasteiger partial charge >= 0.3 is 5.97 Å². The van der Waals surface area contributed by atoms with E-state index in [-0.39, 0.29) is 37.3 Å². The van der Waals surface area contributed by atoms with Crippen molar-refractivity contribution in [3.05, 3.63) is 11.8 Å². The number of nitrogens with one attached hydrogen (secondary N) is 1. The lowest BCUT2D eigenvalue weighted by Gasteiger charge is -2.52. The average molecular weight is 501 g/mol. The summed E-state index contributed by atoms with van der Waals surface area (Å²) in [5.41, 5.74) is -0.388. The number of piperidine rings is 1. The molecule has 0 aromatic rings. The normalized spacial score (nSPS) is 28.3. The highest BCUT2D eigenvalue weighted by molar-refractivity contribution is 5.92. The molecule has 7 nitrogen and oxygen atoms in total. The highest BCUT2D eigenvalue weighted by Gasteiger charge is 2.59. The van der Waals surface area contributed by atoms with Crippen LogP contribution in [-0.2, 0) is 23.9 Å². The lowest BCUT2D eigenvalue weighted by atomic mass is 9.66. The zero-order valence-electron chi connectivity index (χ0n) is 22.4. The van der Waals surface area contributed by atoms with Crippen molar-refractivity contribution in [2.45, 2.75) is 103 Å². The second kappa shape index (κ2) is 13.3. The molecule has 0 unspecified atom stereocenters. The number of amides is 2. The van der Waals surface area contributed by atoms with Gasteiger partial charge in [-0.3, -0.25) is 14.4 Å². The molecule has 1 aliphatic carbocycles. The number of unbranched alkanes of at least 4 members (excludes halogenated alkanes) is 5. The third kappa shape index (κ3) is 6.14. The number of nitrogens with zero attached hydrogens (tertiary/aromatic N) is 1. The van der Waals surface area contributed by atoms with Crippen molar-refractivity contribution in [2.75, 3.05) is 20.2 Å². The second-order valence-corrected chi connectivity index (χ2v) is 10.6. The predicted octanol–water partition coefficient (Wildman–Crippen LogP) is 4.36. The minimum absolute atomic E-state index is 0.0156. The number of methoxy groups -OCH3 is 1. The lowest BCUT2D eigenvalue weighted by Crippen LogP contribution is -2.60. The van der Waals surface area contributed by atoms with Crippen molar-refractivity contribution in [1.82, 2.24) is 10.2 Å². The van der Waals surface area contributed by atoms with Crippen molar-refractivity contribution < 1.29 is 23.9 Å². The van der Waals surface area contributed by atoms with Crippen LogP contribution in [0.1, 0.15) is 90.9 Å². The molecule has 0 aromatic carbocycles. The van der Waals surface area contributed by atoms with Crippen molar-refractivity contribution in [3.8, 4) is 12.3 Å². The van der Waals surface area contributed by atoms with Gasteiger partial charge in [0.05, 0.1) is 25.9 Å². The molecule has 1 saturated heterocycles. The first-order valence-corrected chi connectivity index (χ1v) is 13.9. The number of carbonyl (C=O) groups excluding carboxylic acids is 3. The van der Waals surface area contributed by atoms with E-state index in [2.05, 4.69) is 18.2 Å². The molecule has 7 heteroatoms. The Hall–Kier alpha value is -2.33. The van der Waals surface area contributed by atoms with E-state index in [1.54, 1.807) is 4.90 Å². The molecule has 0 aromatic heterocycles. The zero-order valence-corrected chi connectivity index (χ0v) is 22.4. The van der Waals surface area contributed by atoms with Gasteiger partial charge in [-0.25, -0.2) is 0 Å². The summed E-state index contributed by atoms with van der Waals surface area (Å²) in [6.07, 6.45) is 18.0. The van der Waals surface area contributed by atoms with Gasteiger partial charge in [0.15, 0.2) is 0 Å². The Morgan fingerprint density at radius 1 is 1.22 bits per heavy atom. The molecule has 3 rings (SSSR count). The number of terminal acetylenes is 1. The van der Waals surface area contributed by atoms with Crippen molar-refractivity contribution in [2.24, 2.45) is 17.3 Å². The van der Waals surface area contributed by atoms with Crippen LogP contribution < -0.4 is 5.32 Å². The third-order valence-electron chi connectivity index (χ3n) is 8.28. The number of ether oxygens (including phenoxy) is 2. The van der Waals surface area contributed by atoms with Crippen LogP contribution in [0.3, 0.4) is 0 Å². The molecule has 3 aliphatic rings. The Kier molecular flexibility index (Phi) is 10.4. The zero-order chi connectivity index (χ0) is 26.1. The Bertz CT molecular complexity index is 856. The fourth-order valence-corrected chi connectivity index (χ4v) is 6.28. The summed E-state index contributed by atoms with van der Waals surface area (Å²) in [7, 11) is 1.38. The summed E-state index contributed by atoms with van der Waals surface area (Å²) >= 11 is 0. The molecule has 200 valence electrons. The molecular weight excluding hydrogens is 456 g/mol. The van der Waals surface area contributed by atoms with Gasteiger partial charge in [-0.2, -0.15) is 0 Å². The van der Waals surface area contributed by atoms with Gasteiger partial charge in [-0.15, -0.1) is 6.42 Å². The van der Waals surface area contributed by atoms with E-state index < -0.39 is 23.4 Å². The minimum Gasteiger partial charge on any atom is -0.468 e. The topological polar surface area (TPSA) is 84.9 Å². The molecule has 0 spiro atoms. The fourth-order valence-electron chi connectivity index (χ4n) is 6.28. The maximum atomic E-state index is 13.8. The number of carbonyl (C=O) groups is 3. The van der Waals surface area contributed by atoms with Gasteiger partial charge in [0.25, 0.3) is 0 Å². The highest BCUT2D eigenvalue weighted by atomic mass is 16.5. The van der Waals surface area contributed by atoms with Gasteiger partial charge < -0.3 is 19.7 Å². The quantitative estimate of drug-likeness (QED) is 0.245.